The van der Waals surface area contributed by atoms with E-state index in [1.165, 1.54) is 44.6 Å². The van der Waals surface area contributed by atoms with Crippen LogP contribution < -0.4 is 0 Å². The van der Waals surface area contributed by atoms with E-state index in [-0.39, 0.29) is 0 Å². The molecule has 0 saturated heterocycles. The predicted molar refractivity (Wildman–Crippen MR) is 124 cm³/mol. The summed E-state index contributed by atoms with van der Waals surface area (Å²) in [6.07, 6.45) is 9.98. The fourth-order valence-electron chi connectivity index (χ4n) is 4.52. The van der Waals surface area contributed by atoms with Crippen molar-refractivity contribution in [3.8, 4) is 0 Å². The van der Waals surface area contributed by atoms with Crippen LogP contribution in [0.4, 0.5) is 0 Å². The highest BCUT2D eigenvalue weighted by Gasteiger charge is 2.29. The van der Waals surface area contributed by atoms with Crippen molar-refractivity contribution in [1.82, 2.24) is 0 Å². The van der Waals surface area contributed by atoms with Crippen LogP contribution in [-0.2, 0) is 0 Å². The minimum Gasteiger partial charge on any atom is -0.0842 e. The first-order chi connectivity index (χ1) is 14.4. The second-order valence-corrected chi connectivity index (χ2v) is 7.64. The standard InChI is InChI=1S/C29H24/c1-5-13-22(14-6-1)26-21-27(23-15-7-2-8-16-23)29(25-19-11-4-12-20-25)28(26)24-17-9-3-10-18-24/h1-11,13-19H,12,20-21H2. The molecule has 0 heteroatoms. The van der Waals surface area contributed by atoms with Gasteiger partial charge in [-0.3, -0.25) is 0 Å². The van der Waals surface area contributed by atoms with Crippen LogP contribution in [0.3, 0.4) is 0 Å². The highest BCUT2D eigenvalue weighted by atomic mass is 14.3. The summed E-state index contributed by atoms with van der Waals surface area (Å²) in [4.78, 5) is 0. The third-order valence-corrected chi connectivity index (χ3v) is 5.85. The summed E-state index contributed by atoms with van der Waals surface area (Å²) in [6.45, 7) is 0. The molecule has 0 heterocycles. The normalized spacial score (nSPS) is 16.3. The van der Waals surface area contributed by atoms with Crippen molar-refractivity contribution >= 4 is 16.7 Å². The Morgan fingerprint density at radius 2 is 1.03 bits per heavy atom. The molecule has 0 aromatic heterocycles. The van der Waals surface area contributed by atoms with Gasteiger partial charge in [-0.25, -0.2) is 0 Å². The zero-order valence-corrected chi connectivity index (χ0v) is 16.5. The van der Waals surface area contributed by atoms with Crippen molar-refractivity contribution in [3.05, 3.63) is 137 Å². The maximum absolute atomic E-state index is 2.32. The molecule has 0 aliphatic heterocycles. The SMILES string of the molecule is C1=CCCC(C2=C(c3ccccc3)CC(c3ccccc3)=C2c2ccccc2)=C1. The van der Waals surface area contributed by atoms with E-state index in [1.807, 2.05) is 0 Å². The van der Waals surface area contributed by atoms with Gasteiger partial charge in [-0.2, -0.15) is 0 Å². The van der Waals surface area contributed by atoms with Crippen molar-refractivity contribution in [3.63, 3.8) is 0 Å². The molecule has 0 atom stereocenters. The summed E-state index contributed by atoms with van der Waals surface area (Å²) >= 11 is 0. The van der Waals surface area contributed by atoms with Crippen molar-refractivity contribution in [2.45, 2.75) is 19.3 Å². The molecule has 0 nitrogen and oxygen atoms in total. The molecule has 0 unspecified atom stereocenters. The Labute approximate surface area is 173 Å². The molecule has 0 amide bonds. The molecular formula is C29H24. The molecular weight excluding hydrogens is 348 g/mol. The molecule has 0 radical (unpaired) electrons. The van der Waals surface area contributed by atoms with Crippen LogP contribution in [0, 0.1) is 0 Å². The monoisotopic (exact) mass is 372 g/mol. The van der Waals surface area contributed by atoms with Crippen LogP contribution in [0.2, 0.25) is 0 Å². The first-order valence-electron chi connectivity index (χ1n) is 10.4. The zero-order valence-electron chi connectivity index (χ0n) is 16.5. The predicted octanol–water partition coefficient (Wildman–Crippen LogP) is 7.73. The Balaban J connectivity index is 1.78. The van der Waals surface area contributed by atoms with E-state index in [0.29, 0.717) is 0 Å². The number of hydrogen-bond donors (Lipinski definition) is 0. The minimum absolute atomic E-state index is 0.967. The van der Waals surface area contributed by atoms with E-state index >= 15 is 0 Å². The van der Waals surface area contributed by atoms with Gasteiger partial charge in [-0.15, -0.1) is 0 Å². The second-order valence-electron chi connectivity index (χ2n) is 7.64. The summed E-state index contributed by atoms with van der Waals surface area (Å²) < 4.78 is 0. The van der Waals surface area contributed by atoms with Crippen molar-refractivity contribution in [1.29, 1.82) is 0 Å². The van der Waals surface area contributed by atoms with E-state index < -0.39 is 0 Å². The lowest BCUT2D eigenvalue weighted by atomic mass is 9.86. The molecule has 3 aromatic carbocycles. The highest BCUT2D eigenvalue weighted by molar-refractivity contribution is 6.12. The third kappa shape index (κ3) is 3.43. The maximum Gasteiger partial charge on any atom is -0.000123 e. The molecule has 0 spiro atoms. The molecule has 29 heavy (non-hydrogen) atoms. The molecule has 140 valence electrons. The van der Waals surface area contributed by atoms with Gasteiger partial charge in [-0.05, 0) is 63.8 Å². The number of rotatable bonds is 4. The Morgan fingerprint density at radius 1 is 0.517 bits per heavy atom. The smallest absolute Gasteiger partial charge is 0.000123 e. The molecule has 0 saturated carbocycles. The van der Waals surface area contributed by atoms with Crippen molar-refractivity contribution in [2.24, 2.45) is 0 Å². The van der Waals surface area contributed by atoms with Crippen LogP contribution in [-0.4, -0.2) is 0 Å². The first-order valence-corrected chi connectivity index (χ1v) is 10.4. The fraction of sp³-hybridized carbons (Fsp3) is 0.103. The van der Waals surface area contributed by atoms with E-state index in [4.69, 9.17) is 0 Å². The lowest BCUT2D eigenvalue weighted by Gasteiger charge is -2.18. The van der Waals surface area contributed by atoms with E-state index in [2.05, 4.69) is 109 Å². The molecule has 3 aromatic rings. The van der Waals surface area contributed by atoms with E-state index in [9.17, 15) is 0 Å². The Morgan fingerprint density at radius 3 is 1.55 bits per heavy atom. The van der Waals surface area contributed by atoms with Gasteiger partial charge < -0.3 is 0 Å². The van der Waals surface area contributed by atoms with Gasteiger partial charge in [-0.1, -0.05) is 109 Å². The highest BCUT2D eigenvalue weighted by Crippen LogP contribution is 2.50. The second kappa shape index (κ2) is 7.93. The molecule has 0 fully saturated rings. The van der Waals surface area contributed by atoms with Crippen molar-refractivity contribution in [2.75, 3.05) is 0 Å². The van der Waals surface area contributed by atoms with Gasteiger partial charge in [0.25, 0.3) is 0 Å². The van der Waals surface area contributed by atoms with Gasteiger partial charge in [0.1, 0.15) is 0 Å². The summed E-state index contributed by atoms with van der Waals surface area (Å²) in [5.74, 6) is 0. The molecule has 0 N–H and O–H groups in total. The Kier molecular flexibility index (Phi) is 4.84. The average molecular weight is 373 g/mol. The number of hydrogen-bond acceptors (Lipinski definition) is 0. The molecule has 5 rings (SSSR count). The first kappa shape index (κ1) is 17.7. The summed E-state index contributed by atoms with van der Waals surface area (Å²) in [5.41, 5.74) is 11.1. The van der Waals surface area contributed by atoms with Crippen LogP contribution in [0.15, 0.2) is 120 Å². The summed E-state index contributed by atoms with van der Waals surface area (Å²) in [7, 11) is 0. The van der Waals surface area contributed by atoms with Crippen LogP contribution in [0.25, 0.3) is 16.7 Å². The fourth-order valence-corrected chi connectivity index (χ4v) is 4.52. The molecule has 2 aliphatic carbocycles. The lowest BCUT2D eigenvalue weighted by Crippen LogP contribution is -1.98. The molecule has 0 bridgehead atoms. The zero-order chi connectivity index (χ0) is 19.5. The van der Waals surface area contributed by atoms with Gasteiger partial charge >= 0.3 is 0 Å². The van der Waals surface area contributed by atoms with Crippen molar-refractivity contribution < 1.29 is 0 Å². The van der Waals surface area contributed by atoms with Gasteiger partial charge in [0, 0.05) is 0 Å². The van der Waals surface area contributed by atoms with Gasteiger partial charge in [0.05, 0.1) is 0 Å². The lowest BCUT2D eigenvalue weighted by molar-refractivity contribution is 0.981. The largest absolute Gasteiger partial charge is 0.0842 e. The van der Waals surface area contributed by atoms with Crippen LogP contribution in [0.1, 0.15) is 36.0 Å². The topological polar surface area (TPSA) is 0 Å². The van der Waals surface area contributed by atoms with E-state index in [1.54, 1.807) is 0 Å². The Bertz CT molecular complexity index is 1120. The maximum atomic E-state index is 2.32. The average Bonchev–Trinajstić information content (AvgIpc) is 3.22. The number of allylic oxidation sites excluding steroid dienone is 8. The number of benzene rings is 3. The van der Waals surface area contributed by atoms with Crippen LogP contribution in [0.5, 0.6) is 0 Å². The summed E-state index contributed by atoms with van der Waals surface area (Å²) in [6, 6.07) is 32.7. The molecule has 2 aliphatic rings. The Hall–Kier alpha value is -3.38. The third-order valence-electron chi connectivity index (χ3n) is 5.85. The van der Waals surface area contributed by atoms with Gasteiger partial charge in [0.15, 0.2) is 0 Å². The minimum atomic E-state index is 0.967. The summed E-state index contributed by atoms with van der Waals surface area (Å²) in [5, 5.41) is 0. The quantitative estimate of drug-likeness (QED) is 0.439. The van der Waals surface area contributed by atoms with Gasteiger partial charge in [0.2, 0.25) is 0 Å². The van der Waals surface area contributed by atoms with Crippen LogP contribution >= 0.6 is 0 Å². The van der Waals surface area contributed by atoms with E-state index in [0.717, 1.165) is 19.3 Å².